The van der Waals surface area contributed by atoms with Crippen molar-refractivity contribution in [2.24, 2.45) is 5.92 Å². The predicted molar refractivity (Wildman–Crippen MR) is 77.5 cm³/mol. The van der Waals surface area contributed by atoms with Gasteiger partial charge in [-0.2, -0.15) is 0 Å². The summed E-state index contributed by atoms with van der Waals surface area (Å²) in [5.41, 5.74) is 3.84. The molecule has 0 bridgehead atoms. The van der Waals surface area contributed by atoms with Crippen molar-refractivity contribution < 1.29 is 0 Å². The van der Waals surface area contributed by atoms with Gasteiger partial charge < -0.3 is 5.32 Å². The maximum atomic E-state index is 4.49. The van der Waals surface area contributed by atoms with Gasteiger partial charge in [0, 0.05) is 12.7 Å². The van der Waals surface area contributed by atoms with Gasteiger partial charge in [0.2, 0.25) is 0 Å². The Kier molecular flexibility index (Phi) is 4.94. The SMILES string of the molecule is CNC/C(=C/c1ccc(C)cn1)C1CCCCC1. The molecule has 0 saturated heterocycles. The maximum Gasteiger partial charge on any atom is 0.0629 e. The average Bonchev–Trinajstić information content (AvgIpc) is 2.42. The second-order valence-corrected chi connectivity index (χ2v) is 5.34. The molecule has 1 aromatic heterocycles. The quantitative estimate of drug-likeness (QED) is 0.875. The largest absolute Gasteiger partial charge is 0.316 e. The molecule has 1 aliphatic carbocycles. The molecule has 0 aliphatic heterocycles. The van der Waals surface area contributed by atoms with Gasteiger partial charge in [-0.25, -0.2) is 0 Å². The summed E-state index contributed by atoms with van der Waals surface area (Å²) in [5.74, 6) is 0.759. The van der Waals surface area contributed by atoms with E-state index in [4.69, 9.17) is 0 Å². The third-order valence-electron chi connectivity index (χ3n) is 3.78. The zero-order valence-corrected chi connectivity index (χ0v) is 11.6. The summed E-state index contributed by atoms with van der Waals surface area (Å²) in [6, 6.07) is 4.25. The van der Waals surface area contributed by atoms with Crippen molar-refractivity contribution >= 4 is 6.08 Å². The molecule has 1 N–H and O–H groups in total. The molecule has 2 rings (SSSR count). The molecule has 0 aromatic carbocycles. The standard InChI is InChI=1S/C16H24N2/c1-13-8-9-16(18-11-13)10-15(12-17-2)14-6-4-3-5-7-14/h8-11,14,17H,3-7,12H2,1-2H3/b15-10-. The van der Waals surface area contributed by atoms with E-state index in [9.17, 15) is 0 Å². The molecule has 0 amide bonds. The van der Waals surface area contributed by atoms with E-state index in [1.165, 1.54) is 43.2 Å². The fourth-order valence-electron chi connectivity index (χ4n) is 2.75. The number of rotatable bonds is 4. The molecule has 1 saturated carbocycles. The summed E-state index contributed by atoms with van der Waals surface area (Å²) in [6.07, 6.45) is 11.1. The van der Waals surface area contributed by atoms with Crippen LogP contribution in [0.25, 0.3) is 6.08 Å². The van der Waals surface area contributed by atoms with E-state index in [1.54, 1.807) is 0 Å². The van der Waals surface area contributed by atoms with Gasteiger partial charge in [0.25, 0.3) is 0 Å². The Morgan fingerprint density at radius 3 is 2.72 bits per heavy atom. The van der Waals surface area contributed by atoms with Gasteiger partial charge in [-0.15, -0.1) is 0 Å². The van der Waals surface area contributed by atoms with Gasteiger partial charge >= 0.3 is 0 Å². The normalized spacial score (nSPS) is 18.0. The second kappa shape index (κ2) is 6.69. The predicted octanol–water partition coefficient (Wildman–Crippen LogP) is 3.57. The van der Waals surface area contributed by atoms with Crippen molar-refractivity contribution in [3.05, 3.63) is 35.2 Å². The lowest BCUT2D eigenvalue weighted by Crippen LogP contribution is -2.19. The highest BCUT2D eigenvalue weighted by molar-refractivity contribution is 5.50. The summed E-state index contributed by atoms with van der Waals surface area (Å²) >= 11 is 0. The lowest BCUT2D eigenvalue weighted by atomic mass is 9.83. The van der Waals surface area contributed by atoms with E-state index >= 15 is 0 Å². The van der Waals surface area contributed by atoms with Gasteiger partial charge in [0.05, 0.1) is 5.69 Å². The first-order valence-corrected chi connectivity index (χ1v) is 7.07. The minimum Gasteiger partial charge on any atom is -0.316 e. The molecular formula is C16H24N2. The molecule has 0 spiro atoms. The number of hydrogen-bond donors (Lipinski definition) is 1. The minimum atomic E-state index is 0.759. The van der Waals surface area contributed by atoms with Crippen LogP contribution in [0.3, 0.4) is 0 Å². The van der Waals surface area contributed by atoms with Crippen LogP contribution < -0.4 is 5.32 Å². The van der Waals surface area contributed by atoms with E-state index < -0.39 is 0 Å². The fraction of sp³-hybridized carbons (Fsp3) is 0.562. The first-order chi connectivity index (χ1) is 8.79. The lowest BCUT2D eigenvalue weighted by molar-refractivity contribution is 0.398. The van der Waals surface area contributed by atoms with Crippen LogP contribution in [0.1, 0.15) is 43.4 Å². The van der Waals surface area contributed by atoms with Crippen LogP contribution in [0.4, 0.5) is 0 Å². The van der Waals surface area contributed by atoms with Crippen LogP contribution >= 0.6 is 0 Å². The number of likely N-dealkylation sites (N-methyl/N-ethyl adjacent to an activating group) is 1. The van der Waals surface area contributed by atoms with Crippen LogP contribution in [0.2, 0.25) is 0 Å². The first-order valence-electron chi connectivity index (χ1n) is 7.07. The fourth-order valence-corrected chi connectivity index (χ4v) is 2.75. The molecule has 0 atom stereocenters. The summed E-state index contributed by atoms with van der Waals surface area (Å²) in [7, 11) is 2.03. The molecular weight excluding hydrogens is 220 g/mol. The third-order valence-corrected chi connectivity index (χ3v) is 3.78. The third kappa shape index (κ3) is 3.67. The zero-order chi connectivity index (χ0) is 12.8. The summed E-state index contributed by atoms with van der Waals surface area (Å²) in [6.45, 7) is 3.07. The summed E-state index contributed by atoms with van der Waals surface area (Å²) < 4.78 is 0. The minimum absolute atomic E-state index is 0.759. The Labute approximate surface area is 111 Å². The van der Waals surface area contributed by atoms with Crippen LogP contribution in [-0.2, 0) is 0 Å². The Morgan fingerprint density at radius 2 is 2.11 bits per heavy atom. The first kappa shape index (κ1) is 13.3. The topological polar surface area (TPSA) is 24.9 Å². The van der Waals surface area contributed by atoms with Gasteiger partial charge in [0.1, 0.15) is 0 Å². The van der Waals surface area contributed by atoms with Gasteiger partial charge in [-0.05, 0) is 50.4 Å². The van der Waals surface area contributed by atoms with Gasteiger partial charge in [-0.1, -0.05) is 30.9 Å². The molecule has 18 heavy (non-hydrogen) atoms. The van der Waals surface area contributed by atoms with E-state index in [2.05, 4.69) is 35.4 Å². The van der Waals surface area contributed by atoms with Crippen molar-refractivity contribution in [1.82, 2.24) is 10.3 Å². The van der Waals surface area contributed by atoms with Crippen LogP contribution in [0, 0.1) is 12.8 Å². The van der Waals surface area contributed by atoms with E-state index in [0.29, 0.717) is 0 Å². The molecule has 1 fully saturated rings. The lowest BCUT2D eigenvalue weighted by Gasteiger charge is -2.24. The monoisotopic (exact) mass is 244 g/mol. The van der Waals surface area contributed by atoms with E-state index in [1.807, 2.05) is 13.2 Å². The Hall–Kier alpha value is -1.15. The number of hydrogen-bond acceptors (Lipinski definition) is 2. The molecule has 2 nitrogen and oxygen atoms in total. The van der Waals surface area contributed by atoms with Crippen LogP contribution in [0.15, 0.2) is 23.9 Å². The van der Waals surface area contributed by atoms with Crippen molar-refractivity contribution in [3.8, 4) is 0 Å². The zero-order valence-electron chi connectivity index (χ0n) is 11.6. The van der Waals surface area contributed by atoms with E-state index in [0.717, 1.165) is 18.2 Å². The van der Waals surface area contributed by atoms with E-state index in [-0.39, 0.29) is 0 Å². The number of nitrogens with one attached hydrogen (secondary N) is 1. The molecule has 1 aliphatic rings. The van der Waals surface area contributed by atoms with Gasteiger partial charge in [0.15, 0.2) is 0 Å². The van der Waals surface area contributed by atoms with Crippen molar-refractivity contribution in [1.29, 1.82) is 0 Å². The Balaban J connectivity index is 2.14. The highest BCUT2D eigenvalue weighted by Gasteiger charge is 2.17. The number of aromatic nitrogens is 1. The van der Waals surface area contributed by atoms with Crippen molar-refractivity contribution in [2.45, 2.75) is 39.0 Å². The molecule has 2 heteroatoms. The molecule has 1 aromatic rings. The van der Waals surface area contributed by atoms with Crippen LogP contribution in [0.5, 0.6) is 0 Å². The highest BCUT2D eigenvalue weighted by atomic mass is 14.8. The van der Waals surface area contributed by atoms with Crippen LogP contribution in [-0.4, -0.2) is 18.6 Å². The molecule has 98 valence electrons. The van der Waals surface area contributed by atoms with Crippen molar-refractivity contribution in [2.75, 3.05) is 13.6 Å². The summed E-state index contributed by atoms with van der Waals surface area (Å²) in [4.78, 5) is 4.49. The summed E-state index contributed by atoms with van der Waals surface area (Å²) in [5, 5.41) is 3.30. The molecule has 1 heterocycles. The smallest absolute Gasteiger partial charge is 0.0629 e. The average molecular weight is 244 g/mol. The van der Waals surface area contributed by atoms with Crippen molar-refractivity contribution in [3.63, 3.8) is 0 Å². The van der Waals surface area contributed by atoms with Gasteiger partial charge in [-0.3, -0.25) is 4.98 Å². The highest BCUT2D eigenvalue weighted by Crippen LogP contribution is 2.30. The number of aryl methyl sites for hydroxylation is 1. The Morgan fingerprint density at radius 1 is 1.33 bits per heavy atom. The Bertz CT molecular complexity index is 386. The molecule has 0 radical (unpaired) electrons. The number of pyridine rings is 1. The maximum absolute atomic E-state index is 4.49. The second-order valence-electron chi connectivity index (χ2n) is 5.34. The molecule has 0 unspecified atom stereocenters. The number of nitrogens with zero attached hydrogens (tertiary/aromatic N) is 1.